The normalized spacial score (nSPS) is 11.3. The molecule has 0 unspecified atom stereocenters. The van der Waals surface area contributed by atoms with Gasteiger partial charge in [-0.2, -0.15) is 5.26 Å². The van der Waals surface area contributed by atoms with Crippen molar-refractivity contribution in [1.82, 2.24) is 4.98 Å². The van der Waals surface area contributed by atoms with Crippen molar-refractivity contribution in [1.29, 1.82) is 5.26 Å². The zero-order chi connectivity index (χ0) is 16.8. The molecular formula is C21H16N2O. The molecule has 24 heavy (non-hydrogen) atoms. The highest BCUT2D eigenvalue weighted by atomic mass is 16.5. The Balaban J connectivity index is 2.24. The fraction of sp³-hybridized carbons (Fsp3) is 0.0476. The van der Waals surface area contributed by atoms with Crippen molar-refractivity contribution < 1.29 is 4.74 Å². The van der Waals surface area contributed by atoms with Crippen molar-refractivity contribution in [3.05, 3.63) is 95.8 Å². The van der Waals surface area contributed by atoms with Gasteiger partial charge in [0.25, 0.3) is 0 Å². The number of aromatic nitrogens is 1. The predicted octanol–water partition coefficient (Wildman–Crippen LogP) is 4.57. The lowest BCUT2D eigenvalue weighted by atomic mass is 9.90. The van der Waals surface area contributed by atoms with Gasteiger partial charge in [-0.3, -0.25) is 4.98 Å². The van der Waals surface area contributed by atoms with Crippen LogP contribution in [0.15, 0.2) is 79.1 Å². The maximum Gasteiger partial charge on any atom is 0.118 e. The zero-order valence-electron chi connectivity index (χ0n) is 13.3. The Morgan fingerprint density at radius 3 is 2.04 bits per heavy atom. The molecule has 2 aromatic carbocycles. The minimum absolute atomic E-state index is 0.620. The van der Waals surface area contributed by atoms with Crippen molar-refractivity contribution in [3.8, 4) is 11.8 Å². The molecule has 0 spiro atoms. The van der Waals surface area contributed by atoms with E-state index in [0.29, 0.717) is 5.57 Å². The van der Waals surface area contributed by atoms with Gasteiger partial charge in [0, 0.05) is 18.0 Å². The number of allylic oxidation sites excluding steroid dienone is 1. The van der Waals surface area contributed by atoms with E-state index >= 15 is 0 Å². The molecule has 0 saturated heterocycles. The summed E-state index contributed by atoms with van der Waals surface area (Å²) in [6.07, 6.45) is 3.47. The Bertz CT molecular complexity index is 835. The second-order valence-electron chi connectivity index (χ2n) is 5.19. The quantitative estimate of drug-likeness (QED) is 0.523. The van der Waals surface area contributed by atoms with Crippen LogP contribution in [0, 0.1) is 11.3 Å². The Kier molecular flexibility index (Phi) is 4.69. The lowest BCUT2D eigenvalue weighted by Gasteiger charge is -2.12. The first kappa shape index (κ1) is 15.5. The number of nitrogens with zero attached hydrogens (tertiary/aromatic N) is 2. The summed E-state index contributed by atoms with van der Waals surface area (Å²) in [4.78, 5) is 4.08. The summed E-state index contributed by atoms with van der Waals surface area (Å²) in [5, 5.41) is 9.84. The maximum atomic E-state index is 9.84. The molecule has 0 radical (unpaired) electrons. The number of pyridine rings is 1. The third kappa shape index (κ3) is 3.18. The number of rotatable bonds is 4. The second-order valence-corrected chi connectivity index (χ2v) is 5.19. The van der Waals surface area contributed by atoms with E-state index in [2.05, 4.69) is 11.1 Å². The minimum Gasteiger partial charge on any atom is -0.497 e. The summed E-state index contributed by atoms with van der Waals surface area (Å²) < 4.78 is 5.21. The van der Waals surface area contributed by atoms with E-state index in [0.717, 1.165) is 28.0 Å². The highest BCUT2D eigenvalue weighted by Gasteiger charge is 2.13. The molecule has 0 saturated carbocycles. The van der Waals surface area contributed by atoms with Crippen LogP contribution in [-0.4, -0.2) is 12.1 Å². The molecule has 0 aliphatic carbocycles. The molecule has 116 valence electrons. The first-order chi connectivity index (χ1) is 11.8. The van der Waals surface area contributed by atoms with E-state index in [1.165, 1.54) is 0 Å². The lowest BCUT2D eigenvalue weighted by molar-refractivity contribution is 0.415. The van der Waals surface area contributed by atoms with Crippen LogP contribution in [0.4, 0.5) is 0 Å². The number of hydrogen-bond donors (Lipinski definition) is 0. The Morgan fingerprint density at radius 2 is 1.46 bits per heavy atom. The number of ether oxygens (including phenoxy) is 1. The van der Waals surface area contributed by atoms with E-state index in [1.807, 2.05) is 66.7 Å². The van der Waals surface area contributed by atoms with Crippen LogP contribution in [0.2, 0.25) is 0 Å². The van der Waals surface area contributed by atoms with Gasteiger partial charge in [-0.15, -0.1) is 0 Å². The van der Waals surface area contributed by atoms with E-state index in [1.54, 1.807) is 19.5 Å². The van der Waals surface area contributed by atoms with Crippen LogP contribution in [0.1, 0.15) is 16.7 Å². The summed E-state index contributed by atoms with van der Waals surface area (Å²) in [5.74, 6) is 0.765. The van der Waals surface area contributed by atoms with Crippen molar-refractivity contribution >= 4 is 11.1 Å². The molecule has 0 aliphatic heterocycles. The van der Waals surface area contributed by atoms with Crippen LogP contribution in [0.5, 0.6) is 5.75 Å². The van der Waals surface area contributed by atoms with Gasteiger partial charge in [0.15, 0.2) is 0 Å². The third-order valence-electron chi connectivity index (χ3n) is 3.77. The number of nitriles is 1. The molecule has 3 heteroatoms. The Hall–Kier alpha value is -3.38. The minimum atomic E-state index is 0.620. The van der Waals surface area contributed by atoms with Gasteiger partial charge in [0.2, 0.25) is 0 Å². The Labute approximate surface area is 141 Å². The standard InChI is InChI=1S/C21H16N2O/c1-24-19-9-7-16(8-10-19)20(15-22)21(17-5-3-2-4-6-17)18-11-13-23-14-12-18/h2-14H,1H3/b21-20+. The number of benzene rings is 2. The topological polar surface area (TPSA) is 45.9 Å². The van der Waals surface area contributed by atoms with Crippen LogP contribution in [-0.2, 0) is 0 Å². The van der Waals surface area contributed by atoms with Gasteiger partial charge in [0.1, 0.15) is 11.8 Å². The highest BCUT2D eigenvalue weighted by molar-refractivity contribution is 6.03. The van der Waals surface area contributed by atoms with Crippen molar-refractivity contribution in [2.45, 2.75) is 0 Å². The summed E-state index contributed by atoms with van der Waals surface area (Å²) in [6, 6.07) is 23.7. The number of methoxy groups -OCH3 is 1. The summed E-state index contributed by atoms with van der Waals surface area (Å²) >= 11 is 0. The van der Waals surface area contributed by atoms with Gasteiger partial charge in [-0.25, -0.2) is 0 Å². The lowest BCUT2D eigenvalue weighted by Crippen LogP contribution is -1.94. The van der Waals surface area contributed by atoms with Crippen molar-refractivity contribution in [2.75, 3.05) is 7.11 Å². The SMILES string of the molecule is COc1ccc(/C(C#N)=C(\c2ccccc2)c2ccncc2)cc1. The molecule has 0 bridgehead atoms. The van der Waals surface area contributed by atoms with Crippen LogP contribution in [0.25, 0.3) is 11.1 Å². The average molecular weight is 312 g/mol. The molecule has 1 heterocycles. The smallest absolute Gasteiger partial charge is 0.118 e. The second kappa shape index (κ2) is 7.26. The fourth-order valence-corrected chi connectivity index (χ4v) is 2.60. The molecule has 3 nitrogen and oxygen atoms in total. The van der Waals surface area contributed by atoms with E-state index in [-0.39, 0.29) is 0 Å². The molecule has 0 N–H and O–H groups in total. The molecule has 1 aromatic heterocycles. The first-order valence-corrected chi connectivity index (χ1v) is 7.58. The van der Waals surface area contributed by atoms with Gasteiger partial charge < -0.3 is 4.74 Å². The van der Waals surface area contributed by atoms with E-state index in [4.69, 9.17) is 4.74 Å². The zero-order valence-corrected chi connectivity index (χ0v) is 13.3. The summed E-state index contributed by atoms with van der Waals surface area (Å²) in [7, 11) is 1.63. The van der Waals surface area contributed by atoms with Gasteiger partial charge in [-0.1, -0.05) is 30.3 Å². The van der Waals surface area contributed by atoms with Crippen LogP contribution in [0.3, 0.4) is 0 Å². The number of hydrogen-bond acceptors (Lipinski definition) is 3. The monoisotopic (exact) mass is 312 g/mol. The predicted molar refractivity (Wildman–Crippen MR) is 95.2 cm³/mol. The molecular weight excluding hydrogens is 296 g/mol. The molecule has 0 aliphatic rings. The van der Waals surface area contributed by atoms with Crippen LogP contribution >= 0.6 is 0 Å². The summed E-state index contributed by atoms with van der Waals surface area (Å²) in [5.41, 5.74) is 4.33. The largest absolute Gasteiger partial charge is 0.497 e. The molecule has 0 atom stereocenters. The van der Waals surface area contributed by atoms with Gasteiger partial charge in [-0.05, 0) is 53.1 Å². The van der Waals surface area contributed by atoms with Gasteiger partial charge in [0.05, 0.1) is 12.7 Å². The molecule has 3 aromatic rings. The van der Waals surface area contributed by atoms with E-state index < -0.39 is 0 Å². The van der Waals surface area contributed by atoms with Crippen molar-refractivity contribution in [3.63, 3.8) is 0 Å². The van der Waals surface area contributed by atoms with E-state index in [9.17, 15) is 5.26 Å². The molecule has 0 amide bonds. The fourth-order valence-electron chi connectivity index (χ4n) is 2.60. The van der Waals surface area contributed by atoms with Crippen LogP contribution < -0.4 is 4.74 Å². The van der Waals surface area contributed by atoms with Crippen molar-refractivity contribution in [2.24, 2.45) is 0 Å². The molecule has 0 fully saturated rings. The van der Waals surface area contributed by atoms with Gasteiger partial charge >= 0.3 is 0 Å². The first-order valence-electron chi connectivity index (χ1n) is 7.58. The molecule has 3 rings (SSSR count). The highest BCUT2D eigenvalue weighted by Crippen LogP contribution is 2.32. The third-order valence-corrected chi connectivity index (χ3v) is 3.77. The Morgan fingerprint density at radius 1 is 0.833 bits per heavy atom. The average Bonchev–Trinajstić information content (AvgIpc) is 2.67. The summed E-state index contributed by atoms with van der Waals surface area (Å²) in [6.45, 7) is 0. The maximum absolute atomic E-state index is 9.84.